The van der Waals surface area contributed by atoms with Crippen LogP contribution in [0.5, 0.6) is 11.5 Å². The highest BCUT2D eigenvalue weighted by Gasteiger charge is 2.52. The maximum atomic E-state index is 13.6. The van der Waals surface area contributed by atoms with Crippen molar-refractivity contribution in [2.45, 2.75) is 49.9 Å². The first-order valence-corrected chi connectivity index (χ1v) is 26.5. The monoisotopic (exact) mass is 1050 g/mol. The van der Waals surface area contributed by atoms with Gasteiger partial charge in [-0.3, -0.25) is 9.80 Å². The highest BCUT2D eigenvalue weighted by atomic mass is 79.9. The molecule has 4 amide bonds. The lowest BCUT2D eigenvalue weighted by Gasteiger charge is -2.43. The van der Waals surface area contributed by atoms with Crippen molar-refractivity contribution in [1.82, 2.24) is 19.4 Å². The summed E-state index contributed by atoms with van der Waals surface area (Å²) in [5, 5.41) is 3.43. The topological polar surface area (TPSA) is 149 Å². The Morgan fingerprint density at radius 3 is 1.38 bits per heavy atom. The third kappa shape index (κ3) is 12.3. The first-order chi connectivity index (χ1) is 29.8. The summed E-state index contributed by atoms with van der Waals surface area (Å²) in [6.07, 6.45) is 5.30. The van der Waals surface area contributed by atoms with Crippen molar-refractivity contribution in [2.24, 2.45) is 0 Å². The Labute approximate surface area is 392 Å². The van der Waals surface area contributed by atoms with E-state index >= 15 is 0 Å². The highest BCUT2D eigenvalue weighted by Crippen LogP contribution is 2.41. The molecule has 4 aliphatic rings. The van der Waals surface area contributed by atoms with Crippen molar-refractivity contribution < 1.29 is 35.9 Å². The number of methoxy groups -OCH3 is 2. The quantitative estimate of drug-likeness (QED) is 0.165. The van der Waals surface area contributed by atoms with E-state index in [1.807, 2.05) is 106 Å². The van der Waals surface area contributed by atoms with Crippen LogP contribution in [0.3, 0.4) is 0 Å². The zero-order valence-electron chi connectivity index (χ0n) is 35.7. The molecule has 0 radical (unpaired) electrons. The lowest BCUT2D eigenvalue weighted by molar-refractivity contribution is 0.0991. The van der Waals surface area contributed by atoms with Crippen molar-refractivity contribution in [2.75, 3.05) is 75.8 Å². The Morgan fingerprint density at radius 2 is 1.02 bits per heavy atom. The van der Waals surface area contributed by atoms with Gasteiger partial charge in [0.1, 0.15) is 11.5 Å². The molecule has 4 aromatic rings. The summed E-state index contributed by atoms with van der Waals surface area (Å²) in [5.74, 6) is 1.57. The zero-order valence-corrected chi connectivity index (χ0v) is 41.2. The molecule has 4 heterocycles. The van der Waals surface area contributed by atoms with E-state index in [0.717, 1.165) is 81.7 Å². The van der Waals surface area contributed by atoms with Crippen LogP contribution in [0.25, 0.3) is 0 Å². The zero-order chi connectivity index (χ0) is 45.6. The van der Waals surface area contributed by atoms with Crippen LogP contribution < -0.4 is 24.6 Å². The largest absolute Gasteiger partial charge is 0.497 e. The van der Waals surface area contributed by atoms with Crippen LogP contribution in [-0.2, 0) is 32.2 Å². The van der Waals surface area contributed by atoms with Crippen LogP contribution in [0.1, 0.15) is 36.8 Å². The second kappa shape index (κ2) is 20.5. The van der Waals surface area contributed by atoms with Gasteiger partial charge in [0, 0.05) is 57.2 Å². The predicted octanol–water partition coefficient (Wildman–Crippen LogP) is 7.90. The van der Waals surface area contributed by atoms with E-state index in [2.05, 4.69) is 58.8 Å². The number of anilines is 2. The van der Waals surface area contributed by atoms with Gasteiger partial charge in [0.05, 0.1) is 50.9 Å². The molecule has 19 heteroatoms. The molecule has 0 unspecified atom stereocenters. The summed E-state index contributed by atoms with van der Waals surface area (Å²) in [4.78, 5) is 34.7. The number of hydrogen-bond donors (Lipinski definition) is 1. The van der Waals surface area contributed by atoms with Crippen LogP contribution in [0, 0.1) is 0 Å². The average Bonchev–Trinajstić information content (AvgIpc) is 3.66. The smallest absolute Gasteiger partial charge is 0.325 e. The first kappa shape index (κ1) is 48.5. The number of amides is 4. The summed E-state index contributed by atoms with van der Waals surface area (Å²) in [6.45, 7) is 5.02. The highest BCUT2D eigenvalue weighted by molar-refractivity contribution is 9.10. The number of hydrogen-bond acceptors (Lipinski definition) is 9. The molecule has 4 aliphatic heterocycles. The number of rotatable bonds is 9. The molecule has 0 atom stereocenters. The maximum Gasteiger partial charge on any atom is 0.325 e. The van der Waals surface area contributed by atoms with Gasteiger partial charge < -0.3 is 24.6 Å². The number of carbonyl (C=O) groups is 2. The second-order valence-corrected chi connectivity index (χ2v) is 23.0. The Hall–Kier alpha value is -3.91. The summed E-state index contributed by atoms with van der Waals surface area (Å²) in [5.41, 5.74) is 3.32. The third-order valence-corrected chi connectivity index (χ3v) is 14.2. The van der Waals surface area contributed by atoms with Gasteiger partial charge in [-0.25, -0.2) is 30.7 Å². The van der Waals surface area contributed by atoms with Gasteiger partial charge in [0.25, 0.3) is 0 Å². The lowest BCUT2D eigenvalue weighted by atomic mass is 9.87. The number of halogens is 3. The minimum absolute atomic E-state index is 0.0575. The molecule has 4 aromatic carbocycles. The minimum atomic E-state index is -3.25. The number of benzene rings is 4. The third-order valence-electron chi connectivity index (χ3n) is 11.9. The molecule has 14 nitrogen and oxygen atoms in total. The van der Waals surface area contributed by atoms with Gasteiger partial charge in [0.2, 0.25) is 19.1 Å². The van der Waals surface area contributed by atoms with E-state index in [-0.39, 0.29) is 17.6 Å². The van der Waals surface area contributed by atoms with Crippen LogP contribution in [0.4, 0.5) is 21.0 Å². The van der Waals surface area contributed by atoms with Crippen molar-refractivity contribution in [3.05, 3.63) is 117 Å². The normalized spacial score (nSPS) is 18.5. The number of piperidine rings is 2. The minimum Gasteiger partial charge on any atom is -0.497 e. The number of ether oxygens (including phenoxy) is 2. The predicted molar refractivity (Wildman–Crippen MR) is 255 cm³/mol. The molecule has 8 rings (SSSR count). The van der Waals surface area contributed by atoms with Crippen LogP contribution >= 0.6 is 42.5 Å². The van der Waals surface area contributed by atoms with Crippen LogP contribution in [0.15, 0.2) is 106 Å². The fourth-order valence-electron chi connectivity index (χ4n) is 8.60. The van der Waals surface area contributed by atoms with Gasteiger partial charge in [-0.05, 0) is 123 Å². The first-order valence-electron chi connectivity index (χ1n) is 20.3. The molecule has 1 N–H and O–H groups in total. The van der Waals surface area contributed by atoms with Crippen molar-refractivity contribution >= 4 is 85.1 Å². The van der Waals surface area contributed by atoms with E-state index in [4.69, 9.17) is 9.47 Å². The molecule has 0 aliphatic carbocycles. The molecular formula is C44H53Br2ClN6O8S2. The second-order valence-electron chi connectivity index (χ2n) is 16.1. The molecule has 340 valence electrons. The SMILES string of the molecule is COc1cccc(CN2C(=O)N(c3ccc(Br)cc3)CC23CCN(S(C)(=O)=O)CC3)c1.COc1cccc(CN2C(=O)N(c3ccc(Br)cc3)CC23CCNCC3)c1.CS(=O)(=O)Cl. The van der Waals surface area contributed by atoms with E-state index in [9.17, 15) is 26.4 Å². The van der Waals surface area contributed by atoms with Crippen LogP contribution in [-0.4, -0.2) is 120 Å². The standard InChI is InChI=1S/C22H26BrN3O4S.C21H24BrN3O2.CH3ClO2S/c1-30-20-5-3-4-17(14-20)15-26-21(27)25(19-8-6-18(23)7-9-19)16-22(26)10-12-24(13-11-22)31(2,28)29;1-27-19-4-2-3-16(13-19)14-25-20(26)24(18-7-5-17(22)6-8-18)15-21(25)9-11-23-12-10-21;1-5(2,3)4/h3-9,14H,10-13,15-16H2,1-2H3;2-8,13,23H,9-12,14-15H2,1H3;1H3. The lowest BCUT2D eigenvalue weighted by Crippen LogP contribution is -2.54. The molecule has 0 saturated carbocycles. The number of nitrogens with one attached hydrogen (secondary N) is 1. The van der Waals surface area contributed by atoms with Crippen molar-refractivity contribution in [3.63, 3.8) is 0 Å². The van der Waals surface area contributed by atoms with Crippen molar-refractivity contribution in [3.8, 4) is 11.5 Å². The summed E-state index contributed by atoms with van der Waals surface area (Å²) in [6, 6.07) is 31.4. The van der Waals surface area contributed by atoms with Gasteiger partial charge in [0.15, 0.2) is 0 Å². The molecule has 0 aromatic heterocycles. The van der Waals surface area contributed by atoms with E-state index in [1.54, 1.807) is 14.2 Å². The molecule has 0 bridgehead atoms. The summed E-state index contributed by atoms with van der Waals surface area (Å²) >= 11 is 6.92. The molecule has 63 heavy (non-hydrogen) atoms. The molecule has 2 spiro atoms. The average molecular weight is 1050 g/mol. The number of carbonyl (C=O) groups excluding carboxylic acids is 2. The molecule has 4 fully saturated rings. The van der Waals surface area contributed by atoms with E-state index in [0.29, 0.717) is 45.6 Å². The molecular weight excluding hydrogens is 1000 g/mol. The van der Waals surface area contributed by atoms with Gasteiger partial charge in [-0.1, -0.05) is 56.1 Å². The Balaban J connectivity index is 0.000000191. The maximum absolute atomic E-state index is 13.6. The Kier molecular flexibility index (Phi) is 15.8. The van der Waals surface area contributed by atoms with Gasteiger partial charge in [-0.15, -0.1) is 0 Å². The van der Waals surface area contributed by atoms with Gasteiger partial charge >= 0.3 is 12.1 Å². The Morgan fingerprint density at radius 1 is 0.635 bits per heavy atom. The van der Waals surface area contributed by atoms with E-state index < -0.39 is 24.6 Å². The van der Waals surface area contributed by atoms with E-state index in [1.165, 1.54) is 10.6 Å². The summed E-state index contributed by atoms with van der Waals surface area (Å²) in [7, 11) is 1.35. The number of sulfonamides is 1. The van der Waals surface area contributed by atoms with Crippen LogP contribution in [0.2, 0.25) is 0 Å². The Bertz CT molecular complexity index is 2440. The fourth-order valence-corrected chi connectivity index (χ4v) is 9.97. The van der Waals surface area contributed by atoms with Gasteiger partial charge in [-0.2, -0.15) is 0 Å². The summed E-state index contributed by atoms with van der Waals surface area (Å²) < 4.78 is 57.0. The molecule has 4 saturated heterocycles. The van der Waals surface area contributed by atoms with Crippen molar-refractivity contribution in [1.29, 1.82) is 0 Å². The number of urea groups is 2. The number of nitrogens with zero attached hydrogens (tertiary/aromatic N) is 5. The fraction of sp³-hybridized carbons (Fsp3) is 0.409.